The smallest absolute Gasteiger partial charge is 0.258 e. The summed E-state index contributed by atoms with van der Waals surface area (Å²) >= 11 is 0. The topological polar surface area (TPSA) is 21.7 Å². The van der Waals surface area contributed by atoms with Crippen molar-refractivity contribution >= 4 is 8.32 Å². The maximum Gasteiger partial charge on any atom is 0.258 e. The predicted molar refractivity (Wildman–Crippen MR) is 126 cm³/mol. The third kappa shape index (κ3) is 4.97. The largest absolute Gasteiger partial charge is 0.545 e. The van der Waals surface area contributed by atoms with Crippen LogP contribution in [0, 0.1) is 5.92 Å². The van der Waals surface area contributed by atoms with Gasteiger partial charge in [0, 0.05) is 6.04 Å². The Balaban J connectivity index is 2.58. The monoisotopic (exact) mass is 417 g/mol. The summed E-state index contributed by atoms with van der Waals surface area (Å²) < 4.78 is 7.25. The molecule has 3 nitrogen and oxygen atoms in total. The molecule has 0 N–H and O–H groups in total. The summed E-state index contributed by atoms with van der Waals surface area (Å²) in [6.45, 7) is 23.1. The Labute approximate surface area is 180 Å². The minimum atomic E-state index is -2.05. The van der Waals surface area contributed by atoms with Crippen molar-refractivity contribution in [3.8, 4) is 0 Å². The summed E-state index contributed by atoms with van der Waals surface area (Å²) in [4.78, 5) is 6.53. The average molecular weight is 418 g/mol. The van der Waals surface area contributed by atoms with Gasteiger partial charge in [-0.25, -0.2) is 0 Å². The Hall–Kier alpha value is -1.10. The predicted octanol–water partition coefficient (Wildman–Crippen LogP) is 7.48. The first-order valence-corrected chi connectivity index (χ1v) is 13.6. The van der Waals surface area contributed by atoms with Crippen molar-refractivity contribution in [2.24, 2.45) is 5.92 Å². The van der Waals surface area contributed by atoms with Crippen LogP contribution in [0.3, 0.4) is 0 Å². The summed E-state index contributed by atoms with van der Waals surface area (Å²) in [6.07, 6.45) is 2.15. The normalized spacial score (nSPS) is 21.6. The van der Waals surface area contributed by atoms with Gasteiger partial charge < -0.3 is 4.43 Å². The van der Waals surface area contributed by atoms with Gasteiger partial charge in [0.2, 0.25) is 0 Å². The van der Waals surface area contributed by atoms with Gasteiger partial charge in [-0.1, -0.05) is 85.7 Å². The standard InChI is InChI=1S/C25H43NO2Si/c1-17(2)25-24(28-29(19(5)6,20(7)8)21(9)10)16-23(27-26(25)18(3)4)22-14-12-11-13-15-22/h11-21,23,25H,1-10H3/t23-,25-/m1/s1. The van der Waals surface area contributed by atoms with E-state index in [-0.39, 0.29) is 18.2 Å². The molecular weight excluding hydrogens is 374 g/mol. The molecular formula is C25H43NO2Si. The molecule has 1 heterocycles. The summed E-state index contributed by atoms with van der Waals surface area (Å²) in [5.41, 5.74) is 2.80. The number of rotatable bonds is 8. The van der Waals surface area contributed by atoms with Crippen LogP contribution in [0.2, 0.25) is 16.6 Å². The van der Waals surface area contributed by atoms with Gasteiger partial charge in [0.25, 0.3) is 8.32 Å². The maximum atomic E-state index is 7.25. The van der Waals surface area contributed by atoms with Crippen LogP contribution in [0.5, 0.6) is 0 Å². The van der Waals surface area contributed by atoms with Crippen LogP contribution in [-0.4, -0.2) is 25.5 Å². The molecule has 4 heteroatoms. The van der Waals surface area contributed by atoms with Gasteiger partial charge in [0.05, 0.1) is 11.8 Å². The van der Waals surface area contributed by atoms with Crippen molar-refractivity contribution in [2.75, 3.05) is 0 Å². The fourth-order valence-electron chi connectivity index (χ4n) is 5.12. The second kappa shape index (κ2) is 9.80. The second-order valence-corrected chi connectivity index (χ2v) is 15.4. The van der Waals surface area contributed by atoms with Gasteiger partial charge >= 0.3 is 0 Å². The summed E-state index contributed by atoms with van der Waals surface area (Å²) in [7, 11) is -2.05. The molecule has 0 bridgehead atoms. The minimum Gasteiger partial charge on any atom is -0.545 e. The fourth-order valence-corrected chi connectivity index (χ4v) is 10.4. The first-order chi connectivity index (χ1) is 13.5. The lowest BCUT2D eigenvalue weighted by atomic mass is 9.97. The van der Waals surface area contributed by atoms with E-state index < -0.39 is 8.32 Å². The first-order valence-electron chi connectivity index (χ1n) is 11.4. The van der Waals surface area contributed by atoms with Crippen LogP contribution in [0.15, 0.2) is 42.2 Å². The van der Waals surface area contributed by atoms with Crippen LogP contribution in [-0.2, 0) is 9.26 Å². The van der Waals surface area contributed by atoms with E-state index in [1.54, 1.807) is 0 Å². The Morgan fingerprint density at radius 1 is 0.828 bits per heavy atom. The van der Waals surface area contributed by atoms with Gasteiger partial charge in [-0.2, -0.15) is 5.06 Å². The maximum absolute atomic E-state index is 7.25. The molecule has 0 unspecified atom stereocenters. The third-order valence-corrected chi connectivity index (χ3v) is 12.4. The van der Waals surface area contributed by atoms with Gasteiger partial charge in [-0.05, 0) is 48.0 Å². The summed E-state index contributed by atoms with van der Waals surface area (Å²) in [5.74, 6) is 1.52. The second-order valence-electron chi connectivity index (χ2n) is 10.1. The number of hydrogen-bond acceptors (Lipinski definition) is 3. The molecule has 2 atom stereocenters. The molecule has 0 aliphatic carbocycles. The van der Waals surface area contributed by atoms with E-state index in [9.17, 15) is 0 Å². The zero-order valence-corrected chi connectivity index (χ0v) is 21.3. The molecule has 0 fully saturated rings. The zero-order valence-electron chi connectivity index (χ0n) is 20.3. The van der Waals surface area contributed by atoms with Gasteiger partial charge in [0.1, 0.15) is 6.10 Å². The van der Waals surface area contributed by atoms with Gasteiger partial charge in [-0.3, -0.25) is 4.84 Å². The highest BCUT2D eigenvalue weighted by atomic mass is 28.4. The zero-order chi connectivity index (χ0) is 21.9. The quantitative estimate of drug-likeness (QED) is 0.409. The Morgan fingerprint density at radius 2 is 1.34 bits per heavy atom. The fraction of sp³-hybridized carbons (Fsp3) is 0.680. The van der Waals surface area contributed by atoms with E-state index in [4.69, 9.17) is 9.26 Å². The number of benzene rings is 1. The van der Waals surface area contributed by atoms with Crippen LogP contribution in [0.25, 0.3) is 0 Å². The van der Waals surface area contributed by atoms with Crippen LogP contribution < -0.4 is 0 Å². The van der Waals surface area contributed by atoms with Gasteiger partial charge in [-0.15, -0.1) is 0 Å². The summed E-state index contributed by atoms with van der Waals surface area (Å²) in [5, 5.41) is 2.18. The molecule has 1 aliphatic rings. The molecule has 1 aromatic carbocycles. The lowest BCUT2D eigenvalue weighted by Crippen LogP contribution is -2.53. The van der Waals surface area contributed by atoms with E-state index in [0.29, 0.717) is 22.5 Å². The van der Waals surface area contributed by atoms with E-state index in [1.165, 1.54) is 5.56 Å². The first kappa shape index (κ1) is 24.2. The van der Waals surface area contributed by atoms with E-state index >= 15 is 0 Å². The molecule has 0 aromatic heterocycles. The lowest BCUT2D eigenvalue weighted by Gasteiger charge is -2.49. The van der Waals surface area contributed by atoms with E-state index in [1.807, 2.05) is 0 Å². The highest BCUT2D eigenvalue weighted by Gasteiger charge is 2.49. The Morgan fingerprint density at radius 3 is 1.76 bits per heavy atom. The molecule has 0 radical (unpaired) electrons. The average Bonchev–Trinajstić information content (AvgIpc) is 2.64. The number of nitrogens with zero attached hydrogens (tertiary/aromatic N) is 1. The SMILES string of the molecule is CC(C)[C@@H]1C(O[Si](C(C)C)(C(C)C)C(C)C)=C[C@H](c2ccccc2)ON1C(C)C. The molecule has 0 spiro atoms. The van der Waals surface area contributed by atoms with E-state index in [2.05, 4.69) is 111 Å². The minimum absolute atomic E-state index is 0.109. The van der Waals surface area contributed by atoms with Crippen molar-refractivity contribution in [3.05, 3.63) is 47.7 Å². The highest BCUT2D eigenvalue weighted by Crippen LogP contribution is 2.46. The van der Waals surface area contributed by atoms with Crippen molar-refractivity contribution in [2.45, 2.75) is 104 Å². The lowest BCUT2D eigenvalue weighted by molar-refractivity contribution is -0.244. The third-order valence-electron chi connectivity index (χ3n) is 6.39. The molecule has 29 heavy (non-hydrogen) atoms. The number of hydroxylamine groups is 2. The molecule has 0 saturated heterocycles. The van der Waals surface area contributed by atoms with E-state index in [0.717, 1.165) is 5.76 Å². The van der Waals surface area contributed by atoms with Crippen molar-refractivity contribution in [1.82, 2.24) is 5.06 Å². The highest BCUT2D eigenvalue weighted by molar-refractivity contribution is 6.77. The van der Waals surface area contributed by atoms with Crippen molar-refractivity contribution in [3.63, 3.8) is 0 Å². The Kier molecular flexibility index (Phi) is 8.17. The molecule has 1 aliphatic heterocycles. The molecule has 164 valence electrons. The molecule has 1 aromatic rings. The van der Waals surface area contributed by atoms with Crippen molar-refractivity contribution < 1.29 is 9.26 Å². The molecule has 0 amide bonds. The molecule has 2 rings (SSSR count). The number of hydrogen-bond donors (Lipinski definition) is 0. The van der Waals surface area contributed by atoms with Crippen LogP contribution >= 0.6 is 0 Å². The van der Waals surface area contributed by atoms with Crippen LogP contribution in [0.4, 0.5) is 0 Å². The van der Waals surface area contributed by atoms with Gasteiger partial charge in [0.15, 0.2) is 0 Å². The summed E-state index contributed by atoms with van der Waals surface area (Å²) in [6, 6.07) is 10.9. The van der Waals surface area contributed by atoms with Crippen molar-refractivity contribution in [1.29, 1.82) is 0 Å². The molecule has 0 saturated carbocycles. The Bertz CT molecular complexity index is 645. The van der Waals surface area contributed by atoms with Crippen LogP contribution in [0.1, 0.15) is 80.9 Å².